The van der Waals surface area contributed by atoms with Gasteiger partial charge in [0.05, 0.1) is 25.6 Å². The van der Waals surface area contributed by atoms with Gasteiger partial charge in [0, 0.05) is 11.5 Å². The highest BCUT2D eigenvalue weighted by Crippen LogP contribution is 2.39. The Hall–Kier alpha value is -2.50. The van der Waals surface area contributed by atoms with Crippen LogP contribution in [0.3, 0.4) is 0 Å². The van der Waals surface area contributed by atoms with Gasteiger partial charge in [0.15, 0.2) is 0 Å². The Morgan fingerprint density at radius 1 is 1.33 bits per heavy atom. The van der Waals surface area contributed by atoms with E-state index in [1.807, 2.05) is 18.2 Å². The summed E-state index contributed by atoms with van der Waals surface area (Å²) in [5.41, 5.74) is 3.16. The lowest BCUT2D eigenvalue weighted by Gasteiger charge is -2.12. The summed E-state index contributed by atoms with van der Waals surface area (Å²) >= 11 is 0. The summed E-state index contributed by atoms with van der Waals surface area (Å²) in [6.45, 7) is 2.10. The van der Waals surface area contributed by atoms with Crippen LogP contribution in [0, 0.1) is 5.92 Å². The third-order valence-electron chi connectivity index (χ3n) is 4.20. The number of H-pyrrole nitrogens is 1. The minimum Gasteiger partial charge on any atom is -0.497 e. The number of carbonyl (C=O) groups excluding carboxylic acids is 1. The Morgan fingerprint density at radius 3 is 2.75 bits per heavy atom. The van der Waals surface area contributed by atoms with E-state index in [1.54, 1.807) is 14.2 Å². The van der Waals surface area contributed by atoms with Gasteiger partial charge >= 0.3 is 0 Å². The fourth-order valence-electron chi connectivity index (χ4n) is 2.71. The number of aromatic amines is 1. The number of hydrogen-bond acceptors (Lipinski definition) is 4. The molecular formula is C18H23N3O3. The summed E-state index contributed by atoms with van der Waals surface area (Å²) in [6.07, 6.45) is 3.71. The van der Waals surface area contributed by atoms with Crippen LogP contribution < -0.4 is 14.8 Å². The Balaban J connectivity index is 2.04. The first-order valence-corrected chi connectivity index (χ1v) is 8.28. The zero-order chi connectivity index (χ0) is 17.1. The van der Waals surface area contributed by atoms with E-state index in [0.29, 0.717) is 17.2 Å². The van der Waals surface area contributed by atoms with Gasteiger partial charge in [-0.05, 0) is 37.5 Å². The quantitative estimate of drug-likeness (QED) is 0.816. The van der Waals surface area contributed by atoms with Crippen LogP contribution in [0.15, 0.2) is 18.2 Å². The molecule has 24 heavy (non-hydrogen) atoms. The number of carbonyl (C=O) groups is 1. The average Bonchev–Trinajstić information content (AvgIpc) is 3.39. The van der Waals surface area contributed by atoms with Crippen molar-refractivity contribution in [2.75, 3.05) is 19.5 Å². The maximum absolute atomic E-state index is 12.3. The zero-order valence-corrected chi connectivity index (χ0v) is 14.3. The highest BCUT2D eigenvalue weighted by Gasteiger charge is 2.31. The van der Waals surface area contributed by atoms with E-state index < -0.39 is 0 Å². The second-order valence-electron chi connectivity index (χ2n) is 6.01. The van der Waals surface area contributed by atoms with Gasteiger partial charge in [-0.25, -0.2) is 0 Å². The fourth-order valence-corrected chi connectivity index (χ4v) is 2.71. The number of aryl methyl sites for hydroxylation is 1. The van der Waals surface area contributed by atoms with E-state index in [0.717, 1.165) is 42.6 Å². The van der Waals surface area contributed by atoms with Crippen molar-refractivity contribution in [3.8, 4) is 22.8 Å². The van der Waals surface area contributed by atoms with Crippen molar-refractivity contribution in [2.24, 2.45) is 5.92 Å². The molecule has 0 aliphatic heterocycles. The molecule has 1 heterocycles. The molecular weight excluding hydrogens is 306 g/mol. The maximum Gasteiger partial charge on any atom is 0.227 e. The maximum atomic E-state index is 12.3. The minimum atomic E-state index is 0.0665. The second kappa shape index (κ2) is 6.95. The molecule has 1 aromatic carbocycles. The summed E-state index contributed by atoms with van der Waals surface area (Å²) < 4.78 is 10.8. The summed E-state index contributed by atoms with van der Waals surface area (Å²) in [5.74, 6) is 1.60. The van der Waals surface area contributed by atoms with E-state index in [-0.39, 0.29) is 11.8 Å². The molecule has 0 bridgehead atoms. The molecule has 6 nitrogen and oxygen atoms in total. The number of rotatable bonds is 7. The SMILES string of the molecule is CCCc1[nH]nc(-c2cc(OC)ccc2OC)c1NC(=O)C1CC1. The Kier molecular flexibility index (Phi) is 4.74. The molecule has 1 fully saturated rings. The summed E-state index contributed by atoms with van der Waals surface area (Å²) in [7, 11) is 3.24. The molecule has 0 atom stereocenters. The monoisotopic (exact) mass is 329 g/mol. The molecule has 2 N–H and O–H groups in total. The summed E-state index contributed by atoms with van der Waals surface area (Å²) in [6, 6.07) is 5.55. The van der Waals surface area contributed by atoms with Crippen LogP contribution in [0.4, 0.5) is 5.69 Å². The van der Waals surface area contributed by atoms with Gasteiger partial charge in [0.1, 0.15) is 17.2 Å². The second-order valence-corrected chi connectivity index (χ2v) is 6.01. The largest absolute Gasteiger partial charge is 0.497 e. The summed E-state index contributed by atoms with van der Waals surface area (Å²) in [5, 5.41) is 10.6. The van der Waals surface area contributed by atoms with Gasteiger partial charge in [0.25, 0.3) is 0 Å². The number of methoxy groups -OCH3 is 2. The number of ether oxygens (including phenoxy) is 2. The van der Waals surface area contributed by atoms with Crippen LogP contribution in [0.1, 0.15) is 31.9 Å². The molecule has 2 aromatic rings. The topological polar surface area (TPSA) is 76.2 Å². The third kappa shape index (κ3) is 3.22. The molecule has 0 unspecified atom stereocenters. The summed E-state index contributed by atoms with van der Waals surface area (Å²) in [4.78, 5) is 12.3. The standard InChI is InChI=1S/C18H23N3O3/c1-4-5-14-17(19-18(22)11-6-7-11)16(21-20-14)13-10-12(23-2)8-9-15(13)24-3/h8-11H,4-7H2,1-3H3,(H,19,22)(H,20,21). The lowest BCUT2D eigenvalue weighted by molar-refractivity contribution is -0.117. The van der Waals surface area contributed by atoms with Crippen LogP contribution in [0.2, 0.25) is 0 Å². The predicted molar refractivity (Wildman–Crippen MR) is 92.5 cm³/mol. The van der Waals surface area contributed by atoms with Crippen LogP contribution in [0.5, 0.6) is 11.5 Å². The van der Waals surface area contributed by atoms with E-state index in [2.05, 4.69) is 22.4 Å². The third-order valence-corrected chi connectivity index (χ3v) is 4.20. The normalized spacial score (nSPS) is 13.6. The van der Waals surface area contributed by atoms with Gasteiger partial charge in [-0.2, -0.15) is 5.10 Å². The van der Waals surface area contributed by atoms with Gasteiger partial charge in [-0.1, -0.05) is 13.3 Å². The van der Waals surface area contributed by atoms with E-state index in [1.165, 1.54) is 0 Å². The molecule has 0 spiro atoms. The lowest BCUT2D eigenvalue weighted by Crippen LogP contribution is -2.14. The van der Waals surface area contributed by atoms with Crippen LogP contribution in [0.25, 0.3) is 11.3 Å². The molecule has 3 rings (SSSR count). The predicted octanol–water partition coefficient (Wildman–Crippen LogP) is 3.39. The van der Waals surface area contributed by atoms with E-state index >= 15 is 0 Å². The smallest absolute Gasteiger partial charge is 0.227 e. The van der Waals surface area contributed by atoms with Crippen LogP contribution in [-0.2, 0) is 11.2 Å². The fraction of sp³-hybridized carbons (Fsp3) is 0.444. The highest BCUT2D eigenvalue weighted by molar-refractivity contribution is 5.98. The average molecular weight is 329 g/mol. The molecule has 1 saturated carbocycles. The zero-order valence-electron chi connectivity index (χ0n) is 14.3. The van der Waals surface area contributed by atoms with Crippen LogP contribution in [-0.4, -0.2) is 30.3 Å². The first-order chi connectivity index (χ1) is 11.7. The Morgan fingerprint density at radius 2 is 2.12 bits per heavy atom. The van der Waals surface area contributed by atoms with Gasteiger partial charge in [-0.3, -0.25) is 9.89 Å². The molecule has 1 aromatic heterocycles. The van der Waals surface area contributed by atoms with Crippen molar-refractivity contribution in [3.05, 3.63) is 23.9 Å². The first-order valence-electron chi connectivity index (χ1n) is 8.28. The van der Waals surface area contributed by atoms with Crippen molar-refractivity contribution in [1.82, 2.24) is 10.2 Å². The molecule has 1 aliphatic rings. The molecule has 0 radical (unpaired) electrons. The molecule has 0 saturated heterocycles. The van der Waals surface area contributed by atoms with E-state index in [4.69, 9.17) is 9.47 Å². The lowest BCUT2D eigenvalue weighted by atomic mass is 10.1. The van der Waals surface area contributed by atoms with Gasteiger partial charge < -0.3 is 14.8 Å². The first kappa shape index (κ1) is 16.4. The van der Waals surface area contributed by atoms with Gasteiger partial charge in [-0.15, -0.1) is 0 Å². The Bertz CT molecular complexity index is 735. The molecule has 1 aliphatic carbocycles. The van der Waals surface area contributed by atoms with Crippen molar-refractivity contribution >= 4 is 11.6 Å². The van der Waals surface area contributed by atoms with Crippen molar-refractivity contribution in [3.63, 3.8) is 0 Å². The minimum absolute atomic E-state index is 0.0665. The number of benzene rings is 1. The van der Waals surface area contributed by atoms with Gasteiger partial charge in [0.2, 0.25) is 5.91 Å². The van der Waals surface area contributed by atoms with Crippen LogP contribution >= 0.6 is 0 Å². The van der Waals surface area contributed by atoms with Crippen molar-refractivity contribution in [2.45, 2.75) is 32.6 Å². The number of amides is 1. The highest BCUT2D eigenvalue weighted by atomic mass is 16.5. The van der Waals surface area contributed by atoms with Crippen molar-refractivity contribution < 1.29 is 14.3 Å². The molecule has 1 amide bonds. The van der Waals surface area contributed by atoms with E-state index in [9.17, 15) is 4.79 Å². The number of anilines is 1. The molecule has 128 valence electrons. The number of nitrogens with zero attached hydrogens (tertiary/aromatic N) is 1. The molecule has 6 heteroatoms. The number of aromatic nitrogens is 2. The number of hydrogen-bond donors (Lipinski definition) is 2. The number of nitrogens with one attached hydrogen (secondary N) is 2. The Labute approximate surface area is 141 Å². The van der Waals surface area contributed by atoms with Crippen molar-refractivity contribution in [1.29, 1.82) is 0 Å².